The van der Waals surface area contributed by atoms with E-state index in [-0.39, 0.29) is 10.9 Å². The minimum absolute atomic E-state index is 0.00932. The molecular formula is C18H16O2S. The van der Waals surface area contributed by atoms with Gasteiger partial charge in [0, 0.05) is 23.8 Å². The number of carbonyl (C=O) groups excluding carboxylic acids is 2. The van der Waals surface area contributed by atoms with Gasteiger partial charge in [0.2, 0.25) is 0 Å². The third kappa shape index (κ3) is 4.43. The van der Waals surface area contributed by atoms with Gasteiger partial charge in [-0.05, 0) is 5.56 Å². The number of hydrogen-bond acceptors (Lipinski definition) is 3. The second-order valence-electron chi connectivity index (χ2n) is 4.49. The zero-order chi connectivity index (χ0) is 15.1. The van der Waals surface area contributed by atoms with Gasteiger partial charge in [-0.25, -0.2) is 0 Å². The minimum atomic E-state index is 0.00932. The van der Waals surface area contributed by atoms with E-state index in [0.717, 1.165) is 5.56 Å². The first-order valence-electron chi connectivity index (χ1n) is 6.67. The maximum atomic E-state index is 12.5. The number of benzene rings is 2. The molecule has 106 valence electrons. The first-order chi connectivity index (χ1) is 10.2. The summed E-state index contributed by atoms with van der Waals surface area (Å²) in [5.41, 5.74) is 2.22. The van der Waals surface area contributed by atoms with Gasteiger partial charge in [-0.2, -0.15) is 0 Å². The second kappa shape index (κ2) is 7.60. The van der Waals surface area contributed by atoms with Crippen LogP contribution in [0, 0.1) is 0 Å². The molecule has 0 spiro atoms. The van der Waals surface area contributed by atoms with Crippen molar-refractivity contribution in [3.63, 3.8) is 0 Å². The van der Waals surface area contributed by atoms with Crippen LogP contribution in [-0.2, 0) is 4.79 Å². The number of rotatable bonds is 5. The molecule has 0 unspecified atom stereocenters. The summed E-state index contributed by atoms with van der Waals surface area (Å²) in [6.45, 7) is 1.55. The molecule has 0 saturated heterocycles. The molecule has 3 heteroatoms. The molecule has 0 heterocycles. The van der Waals surface area contributed by atoms with E-state index in [0.29, 0.717) is 16.9 Å². The summed E-state index contributed by atoms with van der Waals surface area (Å²) >= 11 is 1.25. The van der Waals surface area contributed by atoms with Crippen molar-refractivity contribution in [3.8, 4) is 0 Å². The van der Waals surface area contributed by atoms with E-state index >= 15 is 0 Å². The first kappa shape index (κ1) is 15.3. The lowest BCUT2D eigenvalue weighted by Crippen LogP contribution is -2.03. The molecule has 2 aromatic carbocycles. The molecule has 0 bridgehead atoms. The summed E-state index contributed by atoms with van der Waals surface area (Å²) in [6.07, 6.45) is 3.80. The molecular weight excluding hydrogens is 280 g/mol. The smallest absolute Gasteiger partial charge is 0.193 e. The predicted molar refractivity (Wildman–Crippen MR) is 88.5 cm³/mol. The Balaban J connectivity index is 2.21. The van der Waals surface area contributed by atoms with E-state index in [2.05, 4.69) is 0 Å². The van der Waals surface area contributed by atoms with Crippen molar-refractivity contribution in [3.05, 3.63) is 77.4 Å². The Bertz CT molecular complexity index is 660. The fraction of sp³-hybridized carbons (Fsp3) is 0.111. The van der Waals surface area contributed by atoms with Crippen LogP contribution in [0.25, 0.3) is 6.08 Å². The van der Waals surface area contributed by atoms with E-state index in [1.165, 1.54) is 11.8 Å². The Kier molecular flexibility index (Phi) is 5.52. The van der Waals surface area contributed by atoms with Crippen LogP contribution in [0.4, 0.5) is 0 Å². The molecule has 0 N–H and O–H groups in total. The van der Waals surface area contributed by atoms with Gasteiger partial charge in [0.1, 0.15) is 0 Å². The lowest BCUT2D eigenvalue weighted by molar-refractivity contribution is -0.109. The lowest BCUT2D eigenvalue weighted by Gasteiger charge is -2.05. The van der Waals surface area contributed by atoms with Gasteiger partial charge < -0.3 is 0 Å². The van der Waals surface area contributed by atoms with Crippen molar-refractivity contribution in [1.82, 2.24) is 0 Å². The first-order valence-corrected chi connectivity index (χ1v) is 7.65. The zero-order valence-corrected chi connectivity index (χ0v) is 12.6. The van der Waals surface area contributed by atoms with Crippen LogP contribution >= 0.6 is 11.8 Å². The number of carbonyl (C=O) groups is 2. The Labute approximate surface area is 128 Å². The van der Waals surface area contributed by atoms with E-state index in [1.807, 2.05) is 66.7 Å². The zero-order valence-electron chi connectivity index (χ0n) is 11.8. The van der Waals surface area contributed by atoms with Crippen LogP contribution in [0.1, 0.15) is 28.4 Å². The van der Waals surface area contributed by atoms with E-state index in [4.69, 9.17) is 0 Å². The Morgan fingerprint density at radius 1 is 1.00 bits per heavy atom. The highest BCUT2D eigenvalue weighted by molar-refractivity contribution is 8.13. The van der Waals surface area contributed by atoms with Gasteiger partial charge in [-0.15, -0.1) is 0 Å². The molecule has 0 aliphatic heterocycles. The fourth-order valence-corrected chi connectivity index (χ4v) is 2.36. The molecule has 0 radical (unpaired) electrons. The van der Waals surface area contributed by atoms with Crippen molar-refractivity contribution in [2.45, 2.75) is 6.92 Å². The van der Waals surface area contributed by atoms with Crippen molar-refractivity contribution in [2.24, 2.45) is 0 Å². The summed E-state index contributed by atoms with van der Waals surface area (Å²) in [5.74, 6) is 0.624. The Morgan fingerprint density at radius 2 is 1.67 bits per heavy atom. The van der Waals surface area contributed by atoms with Crippen LogP contribution in [0.2, 0.25) is 0 Å². The normalized spacial score (nSPS) is 10.7. The SMILES string of the molecule is CC(=O)SCC=Cc1ccccc1C(=O)c1ccccc1. The molecule has 0 saturated carbocycles. The van der Waals surface area contributed by atoms with Gasteiger partial charge in [0.05, 0.1) is 0 Å². The van der Waals surface area contributed by atoms with Gasteiger partial charge >= 0.3 is 0 Å². The monoisotopic (exact) mass is 296 g/mol. The van der Waals surface area contributed by atoms with Crippen molar-refractivity contribution < 1.29 is 9.59 Å². The second-order valence-corrected chi connectivity index (χ2v) is 5.68. The summed E-state index contributed by atoms with van der Waals surface area (Å²) in [5, 5.41) is 0.0910. The molecule has 0 atom stereocenters. The highest BCUT2D eigenvalue weighted by atomic mass is 32.2. The summed E-state index contributed by atoms with van der Waals surface area (Å²) in [4.78, 5) is 23.4. The standard InChI is InChI=1S/C18H16O2S/c1-14(19)21-13-7-11-15-8-5-6-12-17(15)18(20)16-9-3-2-4-10-16/h2-12H,13H2,1H3. The number of hydrogen-bond donors (Lipinski definition) is 0. The third-order valence-electron chi connectivity index (χ3n) is 2.92. The van der Waals surface area contributed by atoms with Gasteiger partial charge in [-0.3, -0.25) is 9.59 Å². The van der Waals surface area contributed by atoms with Crippen LogP contribution in [0.5, 0.6) is 0 Å². The highest BCUT2D eigenvalue weighted by Gasteiger charge is 2.11. The maximum absolute atomic E-state index is 12.5. The average molecular weight is 296 g/mol. The molecule has 0 aliphatic rings. The molecule has 2 rings (SSSR count). The van der Waals surface area contributed by atoms with Crippen molar-refractivity contribution in [1.29, 1.82) is 0 Å². The molecule has 2 nitrogen and oxygen atoms in total. The predicted octanol–water partition coefficient (Wildman–Crippen LogP) is 4.21. The Hall–Kier alpha value is -2.13. The quantitative estimate of drug-likeness (QED) is 0.775. The number of ketones is 1. The van der Waals surface area contributed by atoms with Crippen LogP contribution in [0.15, 0.2) is 60.7 Å². The van der Waals surface area contributed by atoms with Crippen LogP contribution in [0.3, 0.4) is 0 Å². The minimum Gasteiger partial charge on any atom is -0.289 e. The molecule has 0 fully saturated rings. The van der Waals surface area contributed by atoms with Crippen molar-refractivity contribution >= 4 is 28.7 Å². The lowest BCUT2D eigenvalue weighted by atomic mass is 9.98. The molecule has 21 heavy (non-hydrogen) atoms. The van der Waals surface area contributed by atoms with Gasteiger partial charge in [-0.1, -0.05) is 78.5 Å². The molecule has 0 aliphatic carbocycles. The van der Waals surface area contributed by atoms with E-state index in [1.54, 1.807) is 6.92 Å². The van der Waals surface area contributed by atoms with Crippen LogP contribution in [-0.4, -0.2) is 16.7 Å². The molecule has 2 aromatic rings. The Morgan fingerprint density at radius 3 is 2.38 bits per heavy atom. The van der Waals surface area contributed by atoms with Crippen LogP contribution < -0.4 is 0 Å². The summed E-state index contributed by atoms with van der Waals surface area (Å²) in [6, 6.07) is 16.7. The van der Waals surface area contributed by atoms with Gasteiger partial charge in [0.25, 0.3) is 0 Å². The van der Waals surface area contributed by atoms with Crippen molar-refractivity contribution in [2.75, 3.05) is 5.75 Å². The number of thioether (sulfide) groups is 1. The van der Waals surface area contributed by atoms with E-state index < -0.39 is 0 Å². The topological polar surface area (TPSA) is 34.1 Å². The summed E-state index contributed by atoms with van der Waals surface area (Å²) in [7, 11) is 0. The fourth-order valence-electron chi connectivity index (χ4n) is 1.93. The molecule has 0 amide bonds. The van der Waals surface area contributed by atoms with E-state index in [9.17, 15) is 9.59 Å². The molecule has 0 aromatic heterocycles. The largest absolute Gasteiger partial charge is 0.289 e. The van der Waals surface area contributed by atoms with Gasteiger partial charge in [0.15, 0.2) is 10.9 Å². The third-order valence-corrected chi connectivity index (χ3v) is 3.69. The highest BCUT2D eigenvalue weighted by Crippen LogP contribution is 2.16. The average Bonchev–Trinajstić information content (AvgIpc) is 2.52. The maximum Gasteiger partial charge on any atom is 0.193 e. The summed E-state index contributed by atoms with van der Waals surface area (Å²) < 4.78 is 0.